The Morgan fingerprint density at radius 3 is 2.43 bits per heavy atom. The van der Waals surface area contributed by atoms with Crippen molar-refractivity contribution in [3.8, 4) is 0 Å². The predicted octanol–water partition coefficient (Wildman–Crippen LogP) is 3.47. The van der Waals surface area contributed by atoms with Gasteiger partial charge in [-0.2, -0.15) is 11.8 Å². The van der Waals surface area contributed by atoms with Gasteiger partial charge in [0.05, 0.1) is 0 Å². The molecule has 0 radical (unpaired) electrons. The molecule has 0 aromatic rings. The highest BCUT2D eigenvalue weighted by atomic mass is 35.5. The maximum absolute atomic E-state index is 5.62. The summed E-state index contributed by atoms with van der Waals surface area (Å²) in [5.74, 6) is 2.05. The van der Waals surface area contributed by atoms with Crippen molar-refractivity contribution >= 4 is 23.4 Å². The van der Waals surface area contributed by atoms with Gasteiger partial charge in [-0.3, -0.25) is 0 Å². The monoisotopic (exact) mass is 237 g/mol. The molecule has 0 aliphatic heterocycles. The van der Waals surface area contributed by atoms with E-state index in [4.69, 9.17) is 11.6 Å². The third kappa shape index (κ3) is 7.95. The fourth-order valence-corrected chi connectivity index (χ4v) is 2.32. The lowest BCUT2D eigenvalue weighted by atomic mass is 10.2. The van der Waals surface area contributed by atoms with E-state index in [-0.39, 0.29) is 0 Å². The lowest BCUT2D eigenvalue weighted by molar-refractivity contribution is 0.271. The average molecular weight is 238 g/mol. The topological polar surface area (TPSA) is 3.24 Å². The van der Waals surface area contributed by atoms with E-state index in [2.05, 4.69) is 25.1 Å². The summed E-state index contributed by atoms with van der Waals surface area (Å²) in [6.07, 6.45) is 7.26. The number of alkyl halides is 1. The Balaban J connectivity index is 3.29. The highest BCUT2D eigenvalue weighted by Crippen LogP contribution is 2.07. The third-order valence-electron chi connectivity index (χ3n) is 2.55. The lowest BCUT2D eigenvalue weighted by Crippen LogP contribution is -2.31. The van der Waals surface area contributed by atoms with Crippen LogP contribution in [-0.2, 0) is 0 Å². The van der Waals surface area contributed by atoms with Gasteiger partial charge in [0.2, 0.25) is 0 Å². The third-order valence-corrected chi connectivity index (χ3v) is 3.64. The van der Waals surface area contributed by atoms with Crippen molar-refractivity contribution in [2.45, 2.75) is 38.6 Å². The molecule has 1 unspecified atom stereocenters. The van der Waals surface area contributed by atoms with Gasteiger partial charge in [-0.05, 0) is 39.6 Å². The van der Waals surface area contributed by atoms with Crippen LogP contribution in [0.3, 0.4) is 0 Å². The molecule has 0 aromatic heterocycles. The van der Waals surface area contributed by atoms with Gasteiger partial charge in [-0.1, -0.05) is 12.8 Å². The fraction of sp³-hybridized carbons (Fsp3) is 1.00. The van der Waals surface area contributed by atoms with Gasteiger partial charge in [-0.25, -0.2) is 0 Å². The molecule has 0 spiro atoms. The number of rotatable bonds is 9. The molecule has 0 fully saturated rings. The molecular formula is C11H24ClNS. The molecule has 0 bridgehead atoms. The molecule has 0 aromatic carbocycles. The predicted molar refractivity (Wildman–Crippen MR) is 69.7 cm³/mol. The molecule has 14 heavy (non-hydrogen) atoms. The number of thioether (sulfide) groups is 1. The quantitative estimate of drug-likeness (QED) is 0.446. The summed E-state index contributed by atoms with van der Waals surface area (Å²) >= 11 is 7.55. The Bertz CT molecular complexity index is 122. The van der Waals surface area contributed by atoms with Crippen molar-refractivity contribution in [3.63, 3.8) is 0 Å². The van der Waals surface area contributed by atoms with Gasteiger partial charge in [0, 0.05) is 17.7 Å². The van der Waals surface area contributed by atoms with Crippen molar-refractivity contribution in [1.82, 2.24) is 4.90 Å². The molecule has 0 amide bonds. The van der Waals surface area contributed by atoms with Crippen molar-refractivity contribution < 1.29 is 0 Å². The second-order valence-electron chi connectivity index (χ2n) is 3.89. The molecule has 0 aliphatic carbocycles. The van der Waals surface area contributed by atoms with E-state index >= 15 is 0 Å². The van der Waals surface area contributed by atoms with Crippen LogP contribution in [0.2, 0.25) is 0 Å². The van der Waals surface area contributed by atoms with Gasteiger partial charge in [0.15, 0.2) is 0 Å². The van der Waals surface area contributed by atoms with Crippen LogP contribution in [0, 0.1) is 0 Å². The van der Waals surface area contributed by atoms with Crippen LogP contribution >= 0.6 is 23.4 Å². The van der Waals surface area contributed by atoms with Crippen LogP contribution < -0.4 is 0 Å². The van der Waals surface area contributed by atoms with E-state index in [0.29, 0.717) is 6.04 Å². The summed E-state index contributed by atoms with van der Waals surface area (Å²) in [5.41, 5.74) is 0. The largest absolute Gasteiger partial charge is 0.303 e. The Morgan fingerprint density at radius 2 is 1.86 bits per heavy atom. The highest BCUT2D eigenvalue weighted by Gasteiger charge is 2.06. The van der Waals surface area contributed by atoms with E-state index in [1.807, 2.05) is 11.8 Å². The number of halogens is 1. The summed E-state index contributed by atoms with van der Waals surface area (Å²) < 4.78 is 0. The number of hydrogen-bond acceptors (Lipinski definition) is 2. The van der Waals surface area contributed by atoms with Crippen LogP contribution in [0.15, 0.2) is 0 Å². The molecule has 0 saturated heterocycles. The second kappa shape index (κ2) is 10.1. The maximum atomic E-state index is 5.62. The summed E-state index contributed by atoms with van der Waals surface area (Å²) in [7, 11) is 2.22. The molecule has 86 valence electrons. The van der Waals surface area contributed by atoms with Crippen LogP contribution in [0.1, 0.15) is 32.6 Å². The molecule has 0 aliphatic rings. The van der Waals surface area contributed by atoms with Crippen LogP contribution in [-0.4, -0.2) is 42.4 Å². The van der Waals surface area contributed by atoms with Gasteiger partial charge in [0.25, 0.3) is 0 Å². The van der Waals surface area contributed by atoms with Crippen molar-refractivity contribution in [3.05, 3.63) is 0 Å². The molecule has 0 saturated carbocycles. The first-order valence-electron chi connectivity index (χ1n) is 5.47. The molecule has 0 heterocycles. The van der Waals surface area contributed by atoms with Gasteiger partial charge in [-0.15, -0.1) is 11.6 Å². The first kappa shape index (κ1) is 14.6. The molecule has 0 rings (SSSR count). The van der Waals surface area contributed by atoms with E-state index in [1.165, 1.54) is 38.0 Å². The Labute approximate surface area is 98.6 Å². The maximum Gasteiger partial charge on any atom is 0.0223 e. The minimum atomic E-state index is 0.707. The SMILES string of the molecule is CSCC(C)N(C)CCCCCCCl. The van der Waals surface area contributed by atoms with Crippen molar-refractivity contribution in [2.24, 2.45) is 0 Å². The Kier molecular flexibility index (Phi) is 10.6. The zero-order valence-electron chi connectivity index (χ0n) is 9.76. The van der Waals surface area contributed by atoms with Gasteiger partial charge >= 0.3 is 0 Å². The van der Waals surface area contributed by atoms with Crippen LogP contribution in [0.4, 0.5) is 0 Å². The standard InChI is InChI=1S/C11H24ClNS/c1-11(10-14-3)13(2)9-7-5-4-6-8-12/h11H,4-10H2,1-3H3. The molecule has 0 N–H and O–H groups in total. The zero-order chi connectivity index (χ0) is 10.8. The second-order valence-corrected chi connectivity index (χ2v) is 5.18. The minimum Gasteiger partial charge on any atom is -0.303 e. The summed E-state index contributed by atoms with van der Waals surface area (Å²) in [4.78, 5) is 2.46. The van der Waals surface area contributed by atoms with E-state index in [0.717, 1.165) is 5.88 Å². The van der Waals surface area contributed by atoms with E-state index in [9.17, 15) is 0 Å². The highest BCUT2D eigenvalue weighted by molar-refractivity contribution is 7.98. The average Bonchev–Trinajstić information content (AvgIpc) is 2.17. The summed E-state index contributed by atoms with van der Waals surface area (Å²) in [6.45, 7) is 3.53. The number of unbranched alkanes of at least 4 members (excludes halogenated alkanes) is 3. The Morgan fingerprint density at radius 1 is 1.21 bits per heavy atom. The first-order valence-corrected chi connectivity index (χ1v) is 7.40. The molecule has 1 nitrogen and oxygen atoms in total. The minimum absolute atomic E-state index is 0.707. The van der Waals surface area contributed by atoms with E-state index in [1.54, 1.807) is 0 Å². The first-order chi connectivity index (χ1) is 6.72. The number of nitrogens with zero attached hydrogens (tertiary/aromatic N) is 1. The van der Waals surface area contributed by atoms with Crippen molar-refractivity contribution in [1.29, 1.82) is 0 Å². The molecule has 3 heteroatoms. The smallest absolute Gasteiger partial charge is 0.0223 e. The normalized spacial score (nSPS) is 13.5. The van der Waals surface area contributed by atoms with Gasteiger partial charge < -0.3 is 4.90 Å². The van der Waals surface area contributed by atoms with E-state index < -0.39 is 0 Å². The molecule has 1 atom stereocenters. The molecular weight excluding hydrogens is 214 g/mol. The lowest BCUT2D eigenvalue weighted by Gasteiger charge is -2.23. The zero-order valence-corrected chi connectivity index (χ0v) is 11.3. The summed E-state index contributed by atoms with van der Waals surface area (Å²) in [6, 6.07) is 0.707. The van der Waals surface area contributed by atoms with Crippen LogP contribution in [0.5, 0.6) is 0 Å². The van der Waals surface area contributed by atoms with Crippen molar-refractivity contribution in [2.75, 3.05) is 31.5 Å². The Hall–Kier alpha value is 0.600. The van der Waals surface area contributed by atoms with Crippen LogP contribution in [0.25, 0.3) is 0 Å². The summed E-state index contributed by atoms with van der Waals surface area (Å²) in [5, 5.41) is 0. The number of hydrogen-bond donors (Lipinski definition) is 0. The fourth-order valence-electron chi connectivity index (χ4n) is 1.40. The van der Waals surface area contributed by atoms with Gasteiger partial charge in [0.1, 0.15) is 0 Å².